The Morgan fingerprint density at radius 3 is 3.00 bits per heavy atom. The zero-order chi connectivity index (χ0) is 10.1. The van der Waals surface area contributed by atoms with Crippen molar-refractivity contribution in [3.8, 4) is 0 Å². The van der Waals surface area contributed by atoms with Crippen LogP contribution in [-0.2, 0) is 0 Å². The van der Waals surface area contributed by atoms with Gasteiger partial charge in [-0.25, -0.2) is 0 Å². The molecule has 15 heavy (non-hydrogen) atoms. The lowest BCUT2D eigenvalue weighted by molar-refractivity contribution is 0.412. The van der Waals surface area contributed by atoms with Crippen molar-refractivity contribution in [3.05, 3.63) is 36.0 Å². The number of aromatic amines is 1. The smallest absolute Gasteiger partial charge is 0.0457 e. The number of nitrogens with one attached hydrogen (secondary N) is 2. The zero-order valence-corrected chi connectivity index (χ0v) is 8.79. The number of hydrogen-bond donors (Lipinski definition) is 2. The largest absolute Gasteiger partial charge is 0.361 e. The lowest BCUT2D eigenvalue weighted by Gasteiger charge is -2.23. The van der Waals surface area contributed by atoms with Crippen LogP contribution in [0.5, 0.6) is 0 Å². The molecule has 1 aliphatic heterocycles. The van der Waals surface area contributed by atoms with Gasteiger partial charge in [-0.05, 0) is 42.5 Å². The molecule has 1 saturated heterocycles. The lowest BCUT2D eigenvalue weighted by atomic mass is 9.97. The van der Waals surface area contributed by atoms with E-state index in [-0.39, 0.29) is 0 Å². The number of piperidine rings is 1. The second-order valence-electron chi connectivity index (χ2n) is 4.33. The molecule has 2 N–H and O–H groups in total. The van der Waals surface area contributed by atoms with Crippen LogP contribution in [0.2, 0.25) is 0 Å². The molecule has 78 valence electrons. The second kappa shape index (κ2) is 3.70. The van der Waals surface area contributed by atoms with Gasteiger partial charge in [0.25, 0.3) is 0 Å². The highest BCUT2D eigenvalue weighted by Gasteiger charge is 2.14. The molecular weight excluding hydrogens is 184 g/mol. The molecule has 2 nitrogen and oxygen atoms in total. The first kappa shape index (κ1) is 8.98. The number of fused-ring (bicyclic) bond motifs is 1. The van der Waals surface area contributed by atoms with E-state index in [2.05, 4.69) is 34.6 Å². The summed E-state index contributed by atoms with van der Waals surface area (Å²) in [5.41, 5.74) is 2.67. The maximum Gasteiger partial charge on any atom is 0.0457 e. The lowest BCUT2D eigenvalue weighted by Crippen LogP contribution is -2.26. The fraction of sp³-hybridized carbons (Fsp3) is 0.385. The van der Waals surface area contributed by atoms with E-state index in [1.54, 1.807) is 0 Å². The molecule has 0 amide bonds. The maximum atomic E-state index is 3.58. The summed E-state index contributed by atoms with van der Waals surface area (Å²) < 4.78 is 0. The van der Waals surface area contributed by atoms with Gasteiger partial charge in [-0.3, -0.25) is 0 Å². The van der Waals surface area contributed by atoms with Crippen molar-refractivity contribution in [1.29, 1.82) is 0 Å². The van der Waals surface area contributed by atoms with Crippen molar-refractivity contribution in [2.45, 2.75) is 25.3 Å². The van der Waals surface area contributed by atoms with Crippen molar-refractivity contribution >= 4 is 10.9 Å². The van der Waals surface area contributed by atoms with Gasteiger partial charge in [-0.2, -0.15) is 0 Å². The maximum absolute atomic E-state index is 3.58. The van der Waals surface area contributed by atoms with E-state index in [1.165, 1.54) is 35.7 Å². The average molecular weight is 200 g/mol. The summed E-state index contributed by atoms with van der Waals surface area (Å²) in [6.07, 6.45) is 5.94. The number of benzene rings is 1. The topological polar surface area (TPSA) is 27.8 Å². The van der Waals surface area contributed by atoms with Crippen LogP contribution in [0.15, 0.2) is 30.5 Å². The van der Waals surface area contributed by atoms with Crippen LogP contribution in [0.4, 0.5) is 0 Å². The van der Waals surface area contributed by atoms with E-state index in [1.807, 2.05) is 6.20 Å². The molecule has 1 atom stereocenters. The normalized spacial score (nSPS) is 22.0. The summed E-state index contributed by atoms with van der Waals surface area (Å²) in [6.45, 7) is 1.16. The van der Waals surface area contributed by atoms with E-state index in [0.717, 1.165) is 6.54 Å². The van der Waals surface area contributed by atoms with Crippen LogP contribution >= 0.6 is 0 Å². The first-order chi connectivity index (χ1) is 7.43. The monoisotopic (exact) mass is 200 g/mol. The first-order valence-electron chi connectivity index (χ1n) is 5.74. The molecule has 0 unspecified atom stereocenters. The number of hydrogen-bond acceptors (Lipinski definition) is 1. The number of rotatable bonds is 1. The van der Waals surface area contributed by atoms with Crippen LogP contribution in [-0.4, -0.2) is 11.5 Å². The Morgan fingerprint density at radius 2 is 2.13 bits per heavy atom. The van der Waals surface area contributed by atoms with Crippen molar-refractivity contribution in [1.82, 2.24) is 10.3 Å². The van der Waals surface area contributed by atoms with Crippen LogP contribution in [0.1, 0.15) is 30.9 Å². The zero-order valence-electron chi connectivity index (χ0n) is 8.79. The molecule has 0 aliphatic carbocycles. The number of H-pyrrole nitrogens is 1. The molecule has 0 spiro atoms. The molecule has 1 fully saturated rings. The van der Waals surface area contributed by atoms with Gasteiger partial charge < -0.3 is 10.3 Å². The summed E-state index contributed by atoms with van der Waals surface area (Å²) in [5.74, 6) is 0. The molecule has 1 aliphatic rings. The van der Waals surface area contributed by atoms with E-state index in [4.69, 9.17) is 0 Å². The number of aromatic nitrogens is 1. The van der Waals surface area contributed by atoms with E-state index >= 15 is 0 Å². The van der Waals surface area contributed by atoms with Crippen LogP contribution < -0.4 is 5.32 Å². The van der Waals surface area contributed by atoms with E-state index in [9.17, 15) is 0 Å². The van der Waals surface area contributed by atoms with Gasteiger partial charge in [0.2, 0.25) is 0 Å². The third kappa shape index (κ3) is 1.65. The van der Waals surface area contributed by atoms with Gasteiger partial charge >= 0.3 is 0 Å². The third-order valence-corrected chi connectivity index (χ3v) is 3.29. The van der Waals surface area contributed by atoms with Crippen molar-refractivity contribution < 1.29 is 0 Å². The Morgan fingerprint density at radius 1 is 1.13 bits per heavy atom. The molecule has 3 rings (SSSR count). The molecular formula is C13H16N2. The van der Waals surface area contributed by atoms with Gasteiger partial charge in [-0.15, -0.1) is 0 Å². The standard InChI is InChI=1S/C13H16N2/c1-2-7-14-12(3-1)11-5-4-10-6-8-15-13(10)9-11/h4-6,8-9,12,14-15H,1-3,7H2/t12-/m0/s1. The average Bonchev–Trinajstić information content (AvgIpc) is 2.77. The fourth-order valence-electron chi connectivity index (χ4n) is 2.42. The van der Waals surface area contributed by atoms with Crippen molar-refractivity contribution in [2.75, 3.05) is 6.54 Å². The summed E-state index contributed by atoms with van der Waals surface area (Å²) in [6, 6.07) is 9.41. The fourth-order valence-corrected chi connectivity index (χ4v) is 2.42. The summed E-state index contributed by atoms with van der Waals surface area (Å²) >= 11 is 0. The van der Waals surface area contributed by atoms with Gasteiger partial charge in [-0.1, -0.05) is 18.6 Å². The Kier molecular flexibility index (Phi) is 2.22. The molecule has 1 aromatic carbocycles. The van der Waals surface area contributed by atoms with Crippen LogP contribution in [0.3, 0.4) is 0 Å². The Hall–Kier alpha value is -1.28. The highest BCUT2D eigenvalue weighted by Crippen LogP contribution is 2.25. The molecule has 0 radical (unpaired) electrons. The van der Waals surface area contributed by atoms with Gasteiger partial charge in [0.05, 0.1) is 0 Å². The second-order valence-corrected chi connectivity index (χ2v) is 4.33. The molecule has 2 heteroatoms. The SMILES string of the molecule is c1cc2ccc([C@@H]3CCCCN3)cc2[nH]1. The van der Waals surface area contributed by atoms with Crippen molar-refractivity contribution in [2.24, 2.45) is 0 Å². The predicted molar refractivity (Wildman–Crippen MR) is 62.9 cm³/mol. The molecule has 0 saturated carbocycles. The summed E-state index contributed by atoms with van der Waals surface area (Å²) in [7, 11) is 0. The highest BCUT2D eigenvalue weighted by atomic mass is 14.9. The summed E-state index contributed by atoms with van der Waals surface area (Å²) in [4.78, 5) is 3.27. The van der Waals surface area contributed by atoms with Gasteiger partial charge in [0.15, 0.2) is 0 Å². The molecule has 1 aromatic heterocycles. The molecule has 0 bridgehead atoms. The van der Waals surface area contributed by atoms with E-state index in [0.29, 0.717) is 6.04 Å². The first-order valence-corrected chi connectivity index (χ1v) is 5.74. The van der Waals surface area contributed by atoms with Crippen LogP contribution in [0, 0.1) is 0 Å². The highest BCUT2D eigenvalue weighted by molar-refractivity contribution is 5.79. The van der Waals surface area contributed by atoms with Gasteiger partial charge in [0, 0.05) is 17.8 Å². The summed E-state index contributed by atoms with van der Waals surface area (Å²) in [5, 5.41) is 4.88. The predicted octanol–water partition coefficient (Wildman–Crippen LogP) is 2.98. The van der Waals surface area contributed by atoms with Gasteiger partial charge in [0.1, 0.15) is 0 Å². The Bertz CT molecular complexity index is 452. The minimum absolute atomic E-state index is 0.562. The van der Waals surface area contributed by atoms with Crippen molar-refractivity contribution in [3.63, 3.8) is 0 Å². The molecule has 2 aromatic rings. The molecule has 2 heterocycles. The van der Waals surface area contributed by atoms with Crippen LogP contribution in [0.25, 0.3) is 10.9 Å². The Labute approximate surface area is 89.7 Å². The van der Waals surface area contributed by atoms with E-state index < -0.39 is 0 Å². The third-order valence-electron chi connectivity index (χ3n) is 3.29. The minimum atomic E-state index is 0.562. The minimum Gasteiger partial charge on any atom is -0.361 e. The Balaban J connectivity index is 1.95. The quantitative estimate of drug-likeness (QED) is 0.727.